The van der Waals surface area contributed by atoms with Gasteiger partial charge < -0.3 is 15.2 Å². The van der Waals surface area contributed by atoms with Crippen molar-refractivity contribution in [3.63, 3.8) is 0 Å². The molecule has 1 rings (SSSR count). The third-order valence-electron chi connectivity index (χ3n) is 3.57. The highest BCUT2D eigenvalue weighted by atomic mass is 16.5. The molecule has 0 amide bonds. The Labute approximate surface area is 99.6 Å². The number of hydrogen-bond donors (Lipinski definition) is 2. The zero-order valence-electron chi connectivity index (χ0n) is 11.0. The molecule has 1 fully saturated rings. The molecule has 96 valence electrons. The zero-order valence-corrected chi connectivity index (χ0v) is 11.0. The van der Waals surface area contributed by atoms with Gasteiger partial charge in [-0.3, -0.25) is 0 Å². The molecule has 3 nitrogen and oxygen atoms in total. The molecule has 1 unspecified atom stereocenters. The number of aliphatic hydroxyl groups is 1. The van der Waals surface area contributed by atoms with Gasteiger partial charge in [-0.2, -0.15) is 0 Å². The second-order valence-electron chi connectivity index (χ2n) is 5.34. The largest absolute Gasteiger partial charge is 0.389 e. The standard InChI is InChI=1S/C13H27NO2/c1-4-9-13(2,15)10-14-11-5-7-12(16-3)8-6-11/h11-12,14-15H,4-10H2,1-3H3. The molecule has 0 spiro atoms. The van der Waals surface area contributed by atoms with Gasteiger partial charge >= 0.3 is 0 Å². The average Bonchev–Trinajstić information content (AvgIpc) is 2.27. The van der Waals surface area contributed by atoms with E-state index in [0.29, 0.717) is 18.7 Å². The van der Waals surface area contributed by atoms with Gasteiger partial charge in [0.25, 0.3) is 0 Å². The highest BCUT2D eigenvalue weighted by Gasteiger charge is 2.24. The molecule has 1 saturated carbocycles. The SMILES string of the molecule is CCCC(C)(O)CNC1CCC(OC)CC1. The number of hydrogen-bond acceptors (Lipinski definition) is 3. The smallest absolute Gasteiger partial charge is 0.0743 e. The summed E-state index contributed by atoms with van der Waals surface area (Å²) in [6, 6.07) is 0.565. The van der Waals surface area contributed by atoms with Crippen molar-refractivity contribution in [2.75, 3.05) is 13.7 Å². The van der Waals surface area contributed by atoms with Gasteiger partial charge in [-0.25, -0.2) is 0 Å². The lowest BCUT2D eigenvalue weighted by Gasteiger charge is -2.31. The van der Waals surface area contributed by atoms with Crippen LogP contribution in [0.1, 0.15) is 52.4 Å². The maximum absolute atomic E-state index is 10.1. The Balaban J connectivity index is 2.19. The van der Waals surface area contributed by atoms with Crippen LogP contribution in [-0.4, -0.2) is 36.5 Å². The second-order valence-corrected chi connectivity index (χ2v) is 5.34. The summed E-state index contributed by atoms with van der Waals surface area (Å²) in [6.07, 6.45) is 6.97. The van der Waals surface area contributed by atoms with Crippen LogP contribution in [-0.2, 0) is 4.74 Å². The molecule has 1 aliphatic carbocycles. The van der Waals surface area contributed by atoms with E-state index >= 15 is 0 Å². The molecule has 3 heteroatoms. The molecule has 0 saturated heterocycles. The minimum Gasteiger partial charge on any atom is -0.389 e. The quantitative estimate of drug-likeness (QED) is 0.733. The molecule has 16 heavy (non-hydrogen) atoms. The van der Waals surface area contributed by atoms with Gasteiger partial charge in [0.1, 0.15) is 0 Å². The van der Waals surface area contributed by atoms with E-state index in [9.17, 15) is 5.11 Å². The van der Waals surface area contributed by atoms with Crippen LogP contribution in [0.2, 0.25) is 0 Å². The Kier molecular flexibility index (Phi) is 5.73. The fraction of sp³-hybridized carbons (Fsp3) is 1.00. The fourth-order valence-corrected chi connectivity index (χ4v) is 2.49. The molecule has 0 heterocycles. The molecule has 2 N–H and O–H groups in total. The van der Waals surface area contributed by atoms with Crippen molar-refractivity contribution in [1.29, 1.82) is 0 Å². The first-order valence-electron chi connectivity index (χ1n) is 6.56. The second kappa shape index (κ2) is 6.58. The fourth-order valence-electron chi connectivity index (χ4n) is 2.49. The van der Waals surface area contributed by atoms with Crippen molar-refractivity contribution in [3.05, 3.63) is 0 Å². The van der Waals surface area contributed by atoms with Gasteiger partial charge in [-0.1, -0.05) is 13.3 Å². The summed E-state index contributed by atoms with van der Waals surface area (Å²) in [4.78, 5) is 0. The summed E-state index contributed by atoms with van der Waals surface area (Å²) in [5.41, 5.74) is -0.549. The van der Waals surface area contributed by atoms with Crippen LogP contribution in [0, 0.1) is 0 Å². The highest BCUT2D eigenvalue weighted by molar-refractivity contribution is 4.82. The highest BCUT2D eigenvalue weighted by Crippen LogP contribution is 2.21. The first-order chi connectivity index (χ1) is 7.57. The number of nitrogens with one attached hydrogen (secondary N) is 1. The number of methoxy groups -OCH3 is 1. The first-order valence-corrected chi connectivity index (χ1v) is 6.56. The lowest BCUT2D eigenvalue weighted by molar-refractivity contribution is 0.0360. The maximum atomic E-state index is 10.1. The van der Waals surface area contributed by atoms with Crippen LogP contribution >= 0.6 is 0 Å². The van der Waals surface area contributed by atoms with Crippen molar-refractivity contribution in [1.82, 2.24) is 5.32 Å². The third kappa shape index (κ3) is 4.81. The van der Waals surface area contributed by atoms with E-state index in [2.05, 4.69) is 12.2 Å². The molecule has 0 aromatic carbocycles. The van der Waals surface area contributed by atoms with E-state index in [-0.39, 0.29) is 0 Å². The van der Waals surface area contributed by atoms with E-state index in [1.165, 1.54) is 12.8 Å². The minimum absolute atomic E-state index is 0.453. The summed E-state index contributed by atoms with van der Waals surface area (Å²) in [7, 11) is 1.80. The first kappa shape index (κ1) is 13.9. The van der Waals surface area contributed by atoms with Crippen molar-refractivity contribution >= 4 is 0 Å². The van der Waals surface area contributed by atoms with Crippen molar-refractivity contribution in [3.8, 4) is 0 Å². The molecule has 0 bridgehead atoms. The lowest BCUT2D eigenvalue weighted by atomic mass is 9.92. The van der Waals surface area contributed by atoms with Gasteiger partial charge in [-0.15, -0.1) is 0 Å². The molecule has 0 aromatic heterocycles. The van der Waals surface area contributed by atoms with Crippen LogP contribution in [0.5, 0.6) is 0 Å². The Hall–Kier alpha value is -0.120. The van der Waals surface area contributed by atoms with E-state index < -0.39 is 5.60 Å². The van der Waals surface area contributed by atoms with Gasteiger partial charge in [0.05, 0.1) is 11.7 Å². The van der Waals surface area contributed by atoms with E-state index in [0.717, 1.165) is 25.7 Å². The molecular formula is C13H27NO2. The van der Waals surface area contributed by atoms with E-state index in [1.807, 2.05) is 6.92 Å². The Bertz CT molecular complexity index is 186. The Morgan fingerprint density at radius 3 is 2.44 bits per heavy atom. The van der Waals surface area contributed by atoms with Gasteiger partial charge in [0.2, 0.25) is 0 Å². The van der Waals surface area contributed by atoms with Crippen LogP contribution in [0.4, 0.5) is 0 Å². The predicted octanol–water partition coefficient (Wildman–Crippen LogP) is 2.08. The molecule has 1 atom stereocenters. The maximum Gasteiger partial charge on any atom is 0.0743 e. The minimum atomic E-state index is -0.549. The van der Waals surface area contributed by atoms with Crippen LogP contribution < -0.4 is 5.32 Å². The summed E-state index contributed by atoms with van der Waals surface area (Å²) in [5, 5.41) is 13.5. The Morgan fingerprint density at radius 1 is 1.31 bits per heavy atom. The summed E-state index contributed by atoms with van der Waals surface area (Å²) >= 11 is 0. The van der Waals surface area contributed by atoms with Gasteiger partial charge in [0.15, 0.2) is 0 Å². The molecule has 0 radical (unpaired) electrons. The average molecular weight is 229 g/mol. The third-order valence-corrected chi connectivity index (χ3v) is 3.57. The number of ether oxygens (including phenoxy) is 1. The summed E-state index contributed by atoms with van der Waals surface area (Å²) < 4.78 is 5.35. The Morgan fingerprint density at radius 2 is 1.94 bits per heavy atom. The monoisotopic (exact) mass is 229 g/mol. The summed E-state index contributed by atoms with van der Waals surface area (Å²) in [5.74, 6) is 0. The van der Waals surface area contributed by atoms with Crippen molar-refractivity contribution in [2.45, 2.75) is 70.1 Å². The lowest BCUT2D eigenvalue weighted by Crippen LogP contribution is -2.44. The molecule has 0 aliphatic heterocycles. The topological polar surface area (TPSA) is 41.5 Å². The van der Waals surface area contributed by atoms with Gasteiger partial charge in [0, 0.05) is 19.7 Å². The normalized spacial score (nSPS) is 30.0. The molecule has 0 aromatic rings. The van der Waals surface area contributed by atoms with E-state index in [4.69, 9.17) is 4.74 Å². The number of rotatable bonds is 6. The predicted molar refractivity (Wildman–Crippen MR) is 66.6 cm³/mol. The van der Waals surface area contributed by atoms with E-state index in [1.54, 1.807) is 7.11 Å². The molecular weight excluding hydrogens is 202 g/mol. The van der Waals surface area contributed by atoms with Crippen LogP contribution in [0.25, 0.3) is 0 Å². The molecule has 1 aliphatic rings. The van der Waals surface area contributed by atoms with Crippen molar-refractivity contribution < 1.29 is 9.84 Å². The van der Waals surface area contributed by atoms with Crippen LogP contribution in [0.3, 0.4) is 0 Å². The summed E-state index contributed by atoms with van der Waals surface area (Å²) in [6.45, 7) is 4.74. The van der Waals surface area contributed by atoms with Gasteiger partial charge in [-0.05, 0) is 39.0 Å². The zero-order chi connectivity index (χ0) is 12.0. The van der Waals surface area contributed by atoms with Crippen LogP contribution in [0.15, 0.2) is 0 Å². The van der Waals surface area contributed by atoms with Crippen molar-refractivity contribution in [2.24, 2.45) is 0 Å².